The Kier molecular flexibility index (Phi) is 0.939. The molecule has 1 N–H and O–H groups in total. The van der Waals surface area contributed by atoms with Crippen molar-refractivity contribution in [3.63, 3.8) is 0 Å². The number of aromatic nitrogens is 1. The molecule has 0 bridgehead atoms. The van der Waals surface area contributed by atoms with Crippen molar-refractivity contribution in [2.75, 3.05) is 0 Å². The fourth-order valence-electron chi connectivity index (χ4n) is 1.45. The summed E-state index contributed by atoms with van der Waals surface area (Å²) in [6, 6.07) is 12.4. The van der Waals surface area contributed by atoms with Crippen LogP contribution in [-0.4, -0.2) is 5.16 Å². The van der Waals surface area contributed by atoms with Gasteiger partial charge in [0.15, 0.2) is 5.58 Å². The molecular formula is C10H7NO. The first-order chi connectivity index (χ1) is 5.93. The fraction of sp³-hybridized carbons (Fsp3) is 0. The highest BCUT2D eigenvalue weighted by Crippen LogP contribution is 2.22. The normalized spacial score (nSPS) is 11.3. The van der Waals surface area contributed by atoms with Gasteiger partial charge in [0.05, 0.1) is 0 Å². The summed E-state index contributed by atoms with van der Waals surface area (Å²) in [7, 11) is 0. The monoisotopic (exact) mass is 157 g/mol. The van der Waals surface area contributed by atoms with Crippen molar-refractivity contribution in [1.29, 1.82) is 0 Å². The molecule has 1 aromatic heterocycles. The van der Waals surface area contributed by atoms with Gasteiger partial charge in [-0.2, -0.15) is 0 Å². The number of rotatable bonds is 0. The molecule has 0 atom stereocenters. The van der Waals surface area contributed by atoms with Crippen LogP contribution in [0.25, 0.3) is 21.9 Å². The topological polar surface area (TPSA) is 28.9 Å². The van der Waals surface area contributed by atoms with Crippen LogP contribution < -0.4 is 0 Å². The summed E-state index contributed by atoms with van der Waals surface area (Å²) in [5.41, 5.74) is 2.02. The Labute approximate surface area is 68.7 Å². The maximum Gasteiger partial charge on any atom is 0.182 e. The smallest absolute Gasteiger partial charge is 0.182 e. The Balaban J connectivity index is 2.55. The maximum atomic E-state index is 5.03. The van der Waals surface area contributed by atoms with E-state index in [1.54, 1.807) is 0 Å². The molecule has 0 fully saturated rings. The van der Waals surface area contributed by atoms with Crippen LogP contribution >= 0.6 is 0 Å². The van der Waals surface area contributed by atoms with E-state index in [4.69, 9.17) is 4.52 Å². The molecule has 0 radical (unpaired) electrons. The standard InChI is InChI=1S/C10H7NO/c1-2-4-8-6-10-9(11-12-10)5-7(8)3-1/h1-6,11H. The van der Waals surface area contributed by atoms with E-state index in [1.165, 1.54) is 10.8 Å². The highest BCUT2D eigenvalue weighted by Gasteiger charge is 2.01. The average molecular weight is 157 g/mol. The van der Waals surface area contributed by atoms with E-state index in [1.807, 2.05) is 18.2 Å². The van der Waals surface area contributed by atoms with Crippen LogP contribution in [0.15, 0.2) is 40.9 Å². The third-order valence-corrected chi connectivity index (χ3v) is 2.12. The SMILES string of the molecule is c1ccc2cc3o[nH]c3cc2c1. The van der Waals surface area contributed by atoms with Gasteiger partial charge in [-0.1, -0.05) is 24.3 Å². The lowest BCUT2D eigenvalue weighted by atomic mass is 10.1. The van der Waals surface area contributed by atoms with E-state index < -0.39 is 0 Å². The molecular weight excluding hydrogens is 150 g/mol. The highest BCUT2D eigenvalue weighted by molar-refractivity contribution is 5.94. The van der Waals surface area contributed by atoms with Crippen LogP contribution in [0.5, 0.6) is 0 Å². The van der Waals surface area contributed by atoms with Crippen molar-refractivity contribution < 1.29 is 4.52 Å². The molecule has 12 heavy (non-hydrogen) atoms. The lowest BCUT2D eigenvalue weighted by Gasteiger charge is -2.02. The molecule has 1 heterocycles. The maximum absolute atomic E-state index is 5.03. The number of fused-ring (bicyclic) bond motifs is 2. The first kappa shape index (κ1) is 5.89. The van der Waals surface area contributed by atoms with Gasteiger partial charge in [0.1, 0.15) is 5.52 Å². The number of benzene rings is 2. The lowest BCUT2D eigenvalue weighted by molar-refractivity contribution is 0.425. The summed E-state index contributed by atoms with van der Waals surface area (Å²) < 4.78 is 5.03. The Morgan fingerprint density at radius 2 is 1.75 bits per heavy atom. The molecule has 0 unspecified atom stereocenters. The third kappa shape index (κ3) is 0.639. The summed E-state index contributed by atoms with van der Waals surface area (Å²) in [6.45, 7) is 0. The van der Waals surface area contributed by atoms with Gasteiger partial charge >= 0.3 is 0 Å². The first-order valence-corrected chi connectivity index (χ1v) is 3.89. The van der Waals surface area contributed by atoms with Crippen molar-refractivity contribution in [3.05, 3.63) is 36.4 Å². The predicted molar refractivity (Wildman–Crippen MR) is 48.1 cm³/mol. The molecule has 0 saturated heterocycles. The van der Waals surface area contributed by atoms with Gasteiger partial charge in [-0.15, -0.1) is 0 Å². The van der Waals surface area contributed by atoms with Gasteiger partial charge in [-0.3, -0.25) is 0 Å². The molecule has 0 aliphatic carbocycles. The van der Waals surface area contributed by atoms with E-state index in [0.717, 1.165) is 11.1 Å². The second-order valence-electron chi connectivity index (χ2n) is 2.90. The quantitative estimate of drug-likeness (QED) is 0.534. The van der Waals surface area contributed by atoms with Gasteiger partial charge in [0.2, 0.25) is 0 Å². The Morgan fingerprint density at radius 3 is 2.42 bits per heavy atom. The zero-order valence-electron chi connectivity index (χ0n) is 6.37. The molecule has 2 heteroatoms. The predicted octanol–water partition coefficient (Wildman–Crippen LogP) is 2.91. The van der Waals surface area contributed by atoms with Crippen LogP contribution in [0.3, 0.4) is 0 Å². The van der Waals surface area contributed by atoms with Gasteiger partial charge in [-0.25, -0.2) is 5.16 Å². The van der Waals surface area contributed by atoms with E-state index >= 15 is 0 Å². The van der Waals surface area contributed by atoms with Crippen molar-refractivity contribution in [2.24, 2.45) is 0 Å². The molecule has 2 nitrogen and oxygen atoms in total. The van der Waals surface area contributed by atoms with Crippen molar-refractivity contribution in [2.45, 2.75) is 0 Å². The molecule has 0 aliphatic rings. The van der Waals surface area contributed by atoms with Gasteiger partial charge in [0.25, 0.3) is 0 Å². The van der Waals surface area contributed by atoms with E-state index in [2.05, 4.69) is 23.4 Å². The second-order valence-corrected chi connectivity index (χ2v) is 2.90. The highest BCUT2D eigenvalue weighted by atomic mass is 16.5. The summed E-state index contributed by atoms with van der Waals surface area (Å²) in [5.74, 6) is 0. The van der Waals surface area contributed by atoms with Crippen LogP contribution in [0.2, 0.25) is 0 Å². The number of hydrogen-bond acceptors (Lipinski definition) is 1. The number of H-pyrrole nitrogens is 1. The van der Waals surface area contributed by atoms with E-state index in [9.17, 15) is 0 Å². The molecule has 0 spiro atoms. The molecule has 3 aromatic rings. The van der Waals surface area contributed by atoms with Crippen LogP contribution in [0.1, 0.15) is 0 Å². The van der Waals surface area contributed by atoms with Gasteiger partial charge < -0.3 is 4.52 Å². The second kappa shape index (κ2) is 1.91. The molecule has 3 rings (SSSR count). The van der Waals surface area contributed by atoms with E-state index in [0.29, 0.717) is 0 Å². The van der Waals surface area contributed by atoms with Gasteiger partial charge in [-0.05, 0) is 22.9 Å². The summed E-state index contributed by atoms with van der Waals surface area (Å²) in [5, 5.41) is 5.24. The number of nitrogens with one attached hydrogen (secondary N) is 1. The average Bonchev–Trinajstić information content (AvgIpc) is 2.09. The molecule has 58 valence electrons. The number of hydrogen-bond donors (Lipinski definition) is 1. The summed E-state index contributed by atoms with van der Waals surface area (Å²) in [6.07, 6.45) is 0. The minimum atomic E-state index is 0.939. The van der Waals surface area contributed by atoms with Gasteiger partial charge in [0, 0.05) is 0 Å². The Bertz CT molecular complexity index is 483. The Morgan fingerprint density at radius 1 is 1.00 bits per heavy atom. The van der Waals surface area contributed by atoms with Crippen molar-refractivity contribution in [1.82, 2.24) is 5.16 Å². The van der Waals surface area contributed by atoms with Crippen LogP contribution in [0, 0.1) is 0 Å². The fourth-order valence-corrected chi connectivity index (χ4v) is 1.45. The molecule has 0 saturated carbocycles. The Hall–Kier alpha value is -1.70. The summed E-state index contributed by atoms with van der Waals surface area (Å²) >= 11 is 0. The van der Waals surface area contributed by atoms with Crippen LogP contribution in [0.4, 0.5) is 0 Å². The molecule has 0 aliphatic heterocycles. The number of aromatic amines is 1. The minimum Gasteiger partial charge on any atom is -0.380 e. The third-order valence-electron chi connectivity index (χ3n) is 2.12. The largest absolute Gasteiger partial charge is 0.380 e. The molecule has 2 aromatic carbocycles. The van der Waals surface area contributed by atoms with Crippen molar-refractivity contribution >= 4 is 21.9 Å². The minimum absolute atomic E-state index is 0.939. The zero-order valence-corrected chi connectivity index (χ0v) is 6.37. The van der Waals surface area contributed by atoms with Crippen LogP contribution in [-0.2, 0) is 0 Å². The lowest BCUT2D eigenvalue weighted by Crippen LogP contribution is -1.82. The zero-order chi connectivity index (χ0) is 7.97. The summed E-state index contributed by atoms with van der Waals surface area (Å²) in [4.78, 5) is 0. The first-order valence-electron chi connectivity index (χ1n) is 3.89. The van der Waals surface area contributed by atoms with Crippen molar-refractivity contribution in [3.8, 4) is 0 Å². The molecule has 0 amide bonds. The van der Waals surface area contributed by atoms with E-state index in [-0.39, 0.29) is 0 Å².